The van der Waals surface area contributed by atoms with Gasteiger partial charge >= 0.3 is 0 Å². The van der Waals surface area contributed by atoms with Gasteiger partial charge in [0.25, 0.3) is 0 Å². The molecule has 0 saturated carbocycles. The zero-order chi connectivity index (χ0) is 15.1. The lowest BCUT2D eigenvalue weighted by Gasteiger charge is -2.16. The predicted octanol–water partition coefficient (Wildman–Crippen LogP) is 0.748. The molecule has 2 heterocycles. The fraction of sp³-hybridized carbons (Fsp3) is 0.769. The third-order valence-electron chi connectivity index (χ3n) is 3.98. The fourth-order valence-electron chi connectivity index (χ4n) is 3.00. The summed E-state index contributed by atoms with van der Waals surface area (Å²) in [5.41, 5.74) is 1.27. The number of hydrogen-bond donors (Lipinski definition) is 1. The smallest absolute Gasteiger partial charge is 0.244 e. The lowest BCUT2D eigenvalue weighted by Crippen LogP contribution is -2.39. The Morgan fingerprint density at radius 2 is 2.00 bits per heavy atom. The topological polar surface area (TPSA) is 67.2 Å². The number of nitrogens with zero attached hydrogens (tertiary/aromatic N) is 3. The van der Waals surface area contributed by atoms with Crippen molar-refractivity contribution in [3.63, 3.8) is 0 Å². The van der Waals surface area contributed by atoms with E-state index >= 15 is 0 Å². The van der Waals surface area contributed by atoms with Gasteiger partial charge in [-0.25, -0.2) is 13.1 Å². The summed E-state index contributed by atoms with van der Waals surface area (Å²) in [5, 5.41) is 4.29. The number of aromatic nitrogens is 2. The van der Waals surface area contributed by atoms with E-state index < -0.39 is 10.0 Å². The van der Waals surface area contributed by atoms with Crippen LogP contribution in [0.25, 0.3) is 0 Å². The van der Waals surface area contributed by atoms with Gasteiger partial charge in [0.15, 0.2) is 0 Å². The minimum Gasteiger partial charge on any atom is -0.304 e. The summed E-state index contributed by atoms with van der Waals surface area (Å²) in [6, 6.07) is -0.0335. The van der Waals surface area contributed by atoms with Crippen LogP contribution in [0.15, 0.2) is 4.90 Å². The number of sulfonamides is 1. The quantitative estimate of drug-likeness (QED) is 0.891. The Balaban J connectivity index is 2.29. The normalized spacial score (nSPS) is 24.4. The third kappa shape index (κ3) is 2.75. The lowest BCUT2D eigenvalue weighted by atomic mass is 10.1. The molecule has 0 aliphatic carbocycles. The molecule has 1 aliphatic rings. The largest absolute Gasteiger partial charge is 0.304 e. The summed E-state index contributed by atoms with van der Waals surface area (Å²) in [4.78, 5) is 2.48. The van der Waals surface area contributed by atoms with Crippen molar-refractivity contribution in [2.75, 3.05) is 20.1 Å². The third-order valence-corrected chi connectivity index (χ3v) is 5.73. The second-order valence-electron chi connectivity index (χ2n) is 5.74. The molecule has 114 valence electrons. The molecule has 0 spiro atoms. The summed E-state index contributed by atoms with van der Waals surface area (Å²) in [7, 11) is -1.50. The number of nitrogens with one attached hydrogen (secondary N) is 1. The van der Waals surface area contributed by atoms with Crippen molar-refractivity contribution in [2.24, 2.45) is 5.92 Å². The summed E-state index contributed by atoms with van der Waals surface area (Å²) in [6.07, 6.45) is 0. The minimum atomic E-state index is -3.51. The highest BCUT2D eigenvalue weighted by Crippen LogP contribution is 2.22. The molecule has 2 rings (SSSR count). The second-order valence-corrected chi connectivity index (χ2v) is 7.39. The Hall–Kier alpha value is -0.920. The van der Waals surface area contributed by atoms with Gasteiger partial charge in [0.05, 0.1) is 11.4 Å². The fourth-order valence-corrected chi connectivity index (χ4v) is 4.75. The number of hydrogen-bond acceptors (Lipinski definition) is 4. The van der Waals surface area contributed by atoms with Crippen LogP contribution in [-0.4, -0.2) is 49.3 Å². The molecular formula is C13H24N4O2S. The molecule has 2 atom stereocenters. The van der Waals surface area contributed by atoms with E-state index in [9.17, 15) is 8.42 Å². The van der Waals surface area contributed by atoms with E-state index in [1.807, 2.05) is 20.9 Å². The Morgan fingerprint density at radius 1 is 1.35 bits per heavy atom. The second kappa shape index (κ2) is 5.46. The molecule has 0 aromatic carbocycles. The molecule has 0 radical (unpaired) electrons. The summed E-state index contributed by atoms with van der Waals surface area (Å²) < 4.78 is 29.8. The van der Waals surface area contributed by atoms with Crippen LogP contribution in [0.3, 0.4) is 0 Å². The summed E-state index contributed by atoms with van der Waals surface area (Å²) in [6.45, 7) is 9.92. The van der Waals surface area contributed by atoms with Crippen LogP contribution < -0.4 is 4.72 Å². The molecule has 0 bridgehead atoms. The molecule has 1 fully saturated rings. The first-order valence-corrected chi connectivity index (χ1v) is 8.49. The van der Waals surface area contributed by atoms with Crippen LogP contribution in [0.5, 0.6) is 0 Å². The molecule has 1 aromatic heterocycles. The zero-order valence-corrected chi connectivity index (χ0v) is 13.7. The van der Waals surface area contributed by atoms with Gasteiger partial charge < -0.3 is 4.90 Å². The van der Waals surface area contributed by atoms with E-state index in [1.165, 1.54) is 0 Å². The van der Waals surface area contributed by atoms with E-state index in [1.54, 1.807) is 11.6 Å². The van der Waals surface area contributed by atoms with Crippen molar-refractivity contribution < 1.29 is 8.42 Å². The van der Waals surface area contributed by atoms with Gasteiger partial charge in [0, 0.05) is 25.7 Å². The van der Waals surface area contributed by atoms with Crippen molar-refractivity contribution in [1.29, 1.82) is 0 Å². The van der Waals surface area contributed by atoms with Crippen molar-refractivity contribution in [1.82, 2.24) is 19.4 Å². The van der Waals surface area contributed by atoms with E-state index in [4.69, 9.17) is 0 Å². The van der Waals surface area contributed by atoms with Crippen LogP contribution >= 0.6 is 0 Å². The average Bonchev–Trinajstić information content (AvgIpc) is 2.78. The van der Waals surface area contributed by atoms with Gasteiger partial charge in [-0.3, -0.25) is 4.68 Å². The Morgan fingerprint density at radius 3 is 2.45 bits per heavy atom. The Labute approximate surface area is 121 Å². The maximum absolute atomic E-state index is 12.6. The number of likely N-dealkylation sites (N-methyl/N-ethyl adjacent to an activating group) is 1. The molecule has 0 amide bonds. The van der Waals surface area contributed by atoms with Crippen molar-refractivity contribution in [3.8, 4) is 0 Å². The standard InChI is InChI=1S/C13H24N4O2S/c1-6-17-11(4)13(10(3)14-17)20(18,19)15-12-8-16(5)7-9(12)2/h9,12,15H,6-8H2,1-5H3. The van der Waals surface area contributed by atoms with Crippen molar-refractivity contribution in [3.05, 3.63) is 11.4 Å². The number of aryl methyl sites for hydroxylation is 2. The van der Waals surface area contributed by atoms with Gasteiger partial charge in [-0.2, -0.15) is 5.10 Å². The Kier molecular flexibility index (Phi) is 4.22. The zero-order valence-electron chi connectivity index (χ0n) is 12.8. The van der Waals surface area contributed by atoms with Gasteiger partial charge in [0.2, 0.25) is 10.0 Å². The predicted molar refractivity (Wildman–Crippen MR) is 78.1 cm³/mol. The van der Waals surface area contributed by atoms with Gasteiger partial charge in [-0.15, -0.1) is 0 Å². The van der Waals surface area contributed by atoms with Crippen molar-refractivity contribution in [2.45, 2.75) is 45.2 Å². The first-order chi connectivity index (χ1) is 9.26. The van der Waals surface area contributed by atoms with E-state index in [0.29, 0.717) is 28.7 Å². The molecule has 20 heavy (non-hydrogen) atoms. The van der Waals surface area contributed by atoms with Gasteiger partial charge in [-0.1, -0.05) is 6.92 Å². The SMILES string of the molecule is CCn1nc(C)c(S(=O)(=O)NC2CN(C)CC2C)c1C. The molecular weight excluding hydrogens is 276 g/mol. The number of likely N-dealkylation sites (tertiary alicyclic amines) is 1. The van der Waals surface area contributed by atoms with E-state index in [-0.39, 0.29) is 6.04 Å². The maximum atomic E-state index is 12.6. The molecule has 7 heteroatoms. The first-order valence-electron chi connectivity index (χ1n) is 7.01. The van der Waals surface area contributed by atoms with Crippen LogP contribution in [0.2, 0.25) is 0 Å². The average molecular weight is 300 g/mol. The van der Waals surface area contributed by atoms with E-state index in [0.717, 1.165) is 13.1 Å². The number of rotatable bonds is 4. The Bertz CT molecular complexity index is 594. The van der Waals surface area contributed by atoms with E-state index in [2.05, 4.69) is 21.6 Å². The highest BCUT2D eigenvalue weighted by Gasteiger charge is 2.33. The van der Waals surface area contributed by atoms with Crippen molar-refractivity contribution >= 4 is 10.0 Å². The molecule has 1 aliphatic heterocycles. The van der Waals surface area contributed by atoms with Gasteiger partial charge in [0.1, 0.15) is 4.90 Å². The summed E-state index contributed by atoms with van der Waals surface area (Å²) >= 11 is 0. The van der Waals surface area contributed by atoms with Crippen LogP contribution in [0, 0.1) is 19.8 Å². The molecule has 6 nitrogen and oxygen atoms in total. The highest BCUT2D eigenvalue weighted by molar-refractivity contribution is 7.89. The van der Waals surface area contributed by atoms with Crippen LogP contribution in [-0.2, 0) is 16.6 Å². The molecule has 1 saturated heterocycles. The minimum absolute atomic E-state index is 0.0335. The molecule has 1 aromatic rings. The summed E-state index contributed by atoms with van der Waals surface area (Å²) in [5.74, 6) is 0.316. The highest BCUT2D eigenvalue weighted by atomic mass is 32.2. The van der Waals surface area contributed by atoms with Crippen LogP contribution in [0.4, 0.5) is 0 Å². The van der Waals surface area contributed by atoms with Crippen LogP contribution in [0.1, 0.15) is 25.2 Å². The molecule has 2 unspecified atom stereocenters. The monoisotopic (exact) mass is 300 g/mol. The van der Waals surface area contributed by atoms with Gasteiger partial charge in [-0.05, 0) is 33.7 Å². The molecule has 1 N–H and O–H groups in total. The first kappa shape index (κ1) is 15.5. The lowest BCUT2D eigenvalue weighted by molar-refractivity contribution is 0.400. The maximum Gasteiger partial charge on any atom is 0.244 e.